The van der Waals surface area contributed by atoms with Crippen molar-refractivity contribution in [1.82, 2.24) is 9.55 Å². The van der Waals surface area contributed by atoms with Crippen LogP contribution in [0.2, 0.25) is 0 Å². The van der Waals surface area contributed by atoms with Gasteiger partial charge in [-0.2, -0.15) is 0 Å². The number of aliphatic hydroxyl groups excluding tert-OH is 1. The predicted molar refractivity (Wildman–Crippen MR) is 69.4 cm³/mol. The fraction of sp³-hybridized carbons (Fsp3) is 0.286. The van der Waals surface area contributed by atoms with Crippen LogP contribution in [0.1, 0.15) is 16.8 Å². The summed E-state index contributed by atoms with van der Waals surface area (Å²) >= 11 is 0. The maximum absolute atomic E-state index is 11.4. The van der Waals surface area contributed by atoms with E-state index in [2.05, 4.69) is 9.72 Å². The highest BCUT2D eigenvalue weighted by Crippen LogP contribution is 2.12. The van der Waals surface area contributed by atoms with E-state index in [4.69, 9.17) is 5.11 Å². The van der Waals surface area contributed by atoms with Crippen LogP contribution in [0.4, 0.5) is 0 Å². The van der Waals surface area contributed by atoms with Crippen molar-refractivity contribution in [2.45, 2.75) is 19.6 Å². The Morgan fingerprint density at radius 1 is 1.37 bits per heavy atom. The quantitative estimate of drug-likeness (QED) is 0.819. The number of aromatic nitrogens is 2. The lowest BCUT2D eigenvalue weighted by molar-refractivity contribution is -0.139. The monoisotopic (exact) mass is 260 g/mol. The van der Waals surface area contributed by atoms with Crippen LogP contribution in [0.15, 0.2) is 36.8 Å². The van der Waals surface area contributed by atoms with Crippen LogP contribution in [0.3, 0.4) is 0 Å². The molecule has 5 heteroatoms. The molecule has 0 aliphatic heterocycles. The Hall–Kier alpha value is -2.14. The molecule has 0 aliphatic carbocycles. The maximum atomic E-state index is 11.4. The SMILES string of the molecule is COC(=O)Cc1ccccc1Cn1cnc(CO)c1. The molecule has 5 nitrogen and oxygen atoms in total. The van der Waals surface area contributed by atoms with Crippen molar-refractivity contribution in [1.29, 1.82) is 0 Å². The van der Waals surface area contributed by atoms with Gasteiger partial charge in [-0.15, -0.1) is 0 Å². The van der Waals surface area contributed by atoms with Crippen LogP contribution in [-0.2, 0) is 29.1 Å². The van der Waals surface area contributed by atoms with E-state index >= 15 is 0 Å². The first-order valence-electron chi connectivity index (χ1n) is 5.98. The molecule has 0 unspecified atom stereocenters. The zero-order valence-corrected chi connectivity index (χ0v) is 10.7. The molecule has 2 aromatic rings. The average Bonchev–Trinajstić information content (AvgIpc) is 2.88. The fourth-order valence-corrected chi connectivity index (χ4v) is 1.88. The van der Waals surface area contributed by atoms with Gasteiger partial charge >= 0.3 is 5.97 Å². The second-order valence-electron chi connectivity index (χ2n) is 4.22. The number of methoxy groups -OCH3 is 1. The van der Waals surface area contributed by atoms with Gasteiger partial charge in [0.15, 0.2) is 0 Å². The van der Waals surface area contributed by atoms with Gasteiger partial charge in [0.05, 0.1) is 32.2 Å². The minimum atomic E-state index is -0.255. The number of carbonyl (C=O) groups is 1. The van der Waals surface area contributed by atoms with E-state index in [0.29, 0.717) is 12.2 Å². The van der Waals surface area contributed by atoms with Gasteiger partial charge in [0.2, 0.25) is 0 Å². The molecule has 0 radical (unpaired) electrons. The smallest absolute Gasteiger partial charge is 0.309 e. The van der Waals surface area contributed by atoms with E-state index in [-0.39, 0.29) is 19.0 Å². The number of hydrogen-bond donors (Lipinski definition) is 1. The maximum Gasteiger partial charge on any atom is 0.309 e. The van der Waals surface area contributed by atoms with Gasteiger partial charge in [0, 0.05) is 12.7 Å². The van der Waals surface area contributed by atoms with Crippen LogP contribution in [0.5, 0.6) is 0 Å². The zero-order chi connectivity index (χ0) is 13.7. The molecule has 2 rings (SSSR count). The number of hydrogen-bond acceptors (Lipinski definition) is 4. The number of nitrogens with zero attached hydrogens (tertiary/aromatic N) is 2. The third-order valence-electron chi connectivity index (χ3n) is 2.88. The Bertz CT molecular complexity index is 563. The first kappa shape index (κ1) is 13.3. The van der Waals surface area contributed by atoms with E-state index in [9.17, 15) is 4.79 Å². The molecule has 0 amide bonds. The molecule has 1 N–H and O–H groups in total. The summed E-state index contributed by atoms with van der Waals surface area (Å²) in [4.78, 5) is 15.4. The summed E-state index contributed by atoms with van der Waals surface area (Å²) in [5.74, 6) is -0.255. The number of imidazole rings is 1. The van der Waals surface area contributed by atoms with Crippen molar-refractivity contribution in [3.8, 4) is 0 Å². The van der Waals surface area contributed by atoms with E-state index < -0.39 is 0 Å². The molecule has 19 heavy (non-hydrogen) atoms. The number of benzene rings is 1. The van der Waals surface area contributed by atoms with Crippen LogP contribution in [0, 0.1) is 0 Å². The average molecular weight is 260 g/mol. The summed E-state index contributed by atoms with van der Waals surface area (Å²) in [7, 11) is 1.38. The first-order chi connectivity index (χ1) is 9.22. The Kier molecular flexibility index (Phi) is 4.30. The van der Waals surface area contributed by atoms with Crippen LogP contribution >= 0.6 is 0 Å². The largest absolute Gasteiger partial charge is 0.469 e. The standard InChI is InChI=1S/C14H16N2O3/c1-19-14(18)6-11-4-2-3-5-12(11)7-16-8-13(9-17)15-10-16/h2-5,8,10,17H,6-7,9H2,1H3. The van der Waals surface area contributed by atoms with E-state index in [1.54, 1.807) is 12.5 Å². The second-order valence-corrected chi connectivity index (χ2v) is 4.22. The molecule has 1 aromatic carbocycles. The molecule has 0 saturated carbocycles. The van der Waals surface area contributed by atoms with Crippen molar-refractivity contribution in [2.24, 2.45) is 0 Å². The molecule has 0 saturated heterocycles. The van der Waals surface area contributed by atoms with Crippen molar-refractivity contribution in [3.63, 3.8) is 0 Å². The number of aliphatic hydroxyl groups is 1. The lowest BCUT2D eigenvalue weighted by atomic mass is 10.0. The van der Waals surface area contributed by atoms with E-state index in [1.165, 1.54) is 7.11 Å². The molecule has 0 atom stereocenters. The molecule has 1 aromatic heterocycles. The highest BCUT2D eigenvalue weighted by atomic mass is 16.5. The molecule has 0 fully saturated rings. The summed E-state index contributed by atoms with van der Waals surface area (Å²) in [5.41, 5.74) is 2.61. The van der Waals surface area contributed by atoms with Gasteiger partial charge in [-0.3, -0.25) is 4.79 Å². The van der Waals surface area contributed by atoms with Crippen molar-refractivity contribution < 1.29 is 14.6 Å². The minimum Gasteiger partial charge on any atom is -0.469 e. The highest BCUT2D eigenvalue weighted by Gasteiger charge is 2.08. The Balaban J connectivity index is 2.17. The molecule has 0 aliphatic rings. The normalized spacial score (nSPS) is 10.4. The fourth-order valence-electron chi connectivity index (χ4n) is 1.88. The van der Waals surface area contributed by atoms with E-state index in [1.807, 2.05) is 28.8 Å². The van der Waals surface area contributed by atoms with Gasteiger partial charge in [-0.1, -0.05) is 24.3 Å². The first-order valence-corrected chi connectivity index (χ1v) is 5.98. The molecular formula is C14H16N2O3. The number of ether oxygens (including phenoxy) is 1. The highest BCUT2D eigenvalue weighted by molar-refractivity contribution is 5.72. The van der Waals surface area contributed by atoms with Crippen LogP contribution in [-0.4, -0.2) is 27.7 Å². The Morgan fingerprint density at radius 3 is 2.74 bits per heavy atom. The summed E-state index contributed by atoms with van der Waals surface area (Å²) in [6.07, 6.45) is 3.71. The molecular weight excluding hydrogens is 244 g/mol. The lowest BCUT2D eigenvalue weighted by Gasteiger charge is -2.09. The van der Waals surface area contributed by atoms with Gasteiger partial charge in [-0.05, 0) is 11.1 Å². The minimum absolute atomic E-state index is 0.0726. The van der Waals surface area contributed by atoms with Crippen molar-refractivity contribution in [2.75, 3.05) is 7.11 Å². The Labute approximate surface area is 111 Å². The van der Waals surface area contributed by atoms with Gasteiger partial charge in [0.1, 0.15) is 0 Å². The predicted octanol–water partition coefficient (Wildman–Crippen LogP) is 1.14. The lowest BCUT2D eigenvalue weighted by Crippen LogP contribution is -2.08. The summed E-state index contributed by atoms with van der Waals surface area (Å²) in [6.45, 7) is 0.539. The molecule has 0 spiro atoms. The molecule has 100 valence electrons. The van der Waals surface area contributed by atoms with Crippen molar-refractivity contribution in [3.05, 3.63) is 53.6 Å². The third-order valence-corrected chi connectivity index (χ3v) is 2.88. The second kappa shape index (κ2) is 6.15. The topological polar surface area (TPSA) is 64.4 Å². The van der Waals surface area contributed by atoms with Gasteiger partial charge in [0.25, 0.3) is 0 Å². The Morgan fingerprint density at radius 2 is 2.11 bits per heavy atom. The summed E-state index contributed by atoms with van der Waals surface area (Å²) < 4.78 is 6.57. The van der Waals surface area contributed by atoms with E-state index in [0.717, 1.165) is 11.1 Å². The zero-order valence-electron chi connectivity index (χ0n) is 10.7. The molecule has 1 heterocycles. The van der Waals surface area contributed by atoms with Crippen LogP contribution < -0.4 is 0 Å². The number of rotatable bonds is 5. The third kappa shape index (κ3) is 3.42. The van der Waals surface area contributed by atoms with Crippen LogP contribution in [0.25, 0.3) is 0 Å². The van der Waals surface area contributed by atoms with Crippen molar-refractivity contribution >= 4 is 5.97 Å². The summed E-state index contributed by atoms with van der Waals surface area (Å²) in [5, 5.41) is 8.99. The molecule has 0 bridgehead atoms. The number of carbonyl (C=O) groups excluding carboxylic acids is 1. The summed E-state index contributed by atoms with van der Waals surface area (Å²) in [6, 6.07) is 7.71. The number of esters is 1. The van der Waals surface area contributed by atoms with Gasteiger partial charge in [-0.25, -0.2) is 4.98 Å². The van der Waals surface area contributed by atoms with Gasteiger partial charge < -0.3 is 14.4 Å².